The zero-order chi connectivity index (χ0) is 14.7. The van der Waals surface area contributed by atoms with Gasteiger partial charge in [0.1, 0.15) is 5.82 Å². The van der Waals surface area contributed by atoms with E-state index in [0.717, 1.165) is 6.07 Å². The van der Waals surface area contributed by atoms with Gasteiger partial charge >= 0.3 is 0 Å². The molecule has 0 amide bonds. The second kappa shape index (κ2) is 6.00. The smallest absolute Gasteiger partial charge is 0.194 e. The van der Waals surface area contributed by atoms with Crippen LogP contribution < -0.4 is 5.32 Å². The van der Waals surface area contributed by atoms with Gasteiger partial charge in [0.15, 0.2) is 17.5 Å². The summed E-state index contributed by atoms with van der Waals surface area (Å²) in [6, 6.07) is 3.09. The van der Waals surface area contributed by atoms with E-state index in [2.05, 4.69) is 15.3 Å². The van der Waals surface area contributed by atoms with Gasteiger partial charge in [-0.3, -0.25) is 0 Å². The van der Waals surface area contributed by atoms with E-state index >= 15 is 0 Å². The number of benzene rings is 1. The molecule has 0 aliphatic rings. The quantitative estimate of drug-likeness (QED) is 0.876. The maximum absolute atomic E-state index is 13.9. The van der Waals surface area contributed by atoms with Crippen LogP contribution in [0, 0.1) is 24.4 Å². The number of nitrogens with one attached hydrogen (secondary N) is 1. The second-order valence-corrected chi connectivity index (χ2v) is 4.28. The lowest BCUT2D eigenvalue weighted by Crippen LogP contribution is -2.24. The molecule has 2 aromatic rings. The van der Waals surface area contributed by atoms with E-state index < -0.39 is 23.5 Å². The first-order valence-corrected chi connectivity index (χ1v) is 6.21. The fourth-order valence-electron chi connectivity index (χ4n) is 1.98. The SMILES string of the molecule is CCNC(c1ccnc(C)n1)c1ccc(F)c(F)c1F. The zero-order valence-electron chi connectivity index (χ0n) is 11.1. The minimum absolute atomic E-state index is 0.0175. The molecule has 1 heterocycles. The molecule has 1 atom stereocenters. The first-order valence-electron chi connectivity index (χ1n) is 6.21. The predicted molar refractivity (Wildman–Crippen MR) is 68.6 cm³/mol. The maximum Gasteiger partial charge on any atom is 0.194 e. The fraction of sp³-hybridized carbons (Fsp3) is 0.286. The molecule has 0 saturated carbocycles. The van der Waals surface area contributed by atoms with Crippen molar-refractivity contribution < 1.29 is 13.2 Å². The van der Waals surface area contributed by atoms with Gasteiger partial charge in [0.25, 0.3) is 0 Å². The van der Waals surface area contributed by atoms with Crippen molar-refractivity contribution in [2.75, 3.05) is 6.54 Å². The lowest BCUT2D eigenvalue weighted by Gasteiger charge is -2.19. The molecule has 0 fully saturated rings. The van der Waals surface area contributed by atoms with E-state index in [1.54, 1.807) is 19.2 Å². The zero-order valence-corrected chi connectivity index (χ0v) is 11.1. The molecule has 1 N–H and O–H groups in total. The van der Waals surface area contributed by atoms with Gasteiger partial charge in [0, 0.05) is 11.8 Å². The lowest BCUT2D eigenvalue weighted by atomic mass is 10.0. The molecule has 2 rings (SSSR count). The molecule has 1 unspecified atom stereocenters. The molecule has 6 heteroatoms. The lowest BCUT2D eigenvalue weighted by molar-refractivity contribution is 0.432. The Morgan fingerprint density at radius 2 is 1.90 bits per heavy atom. The fourth-order valence-corrected chi connectivity index (χ4v) is 1.98. The monoisotopic (exact) mass is 281 g/mol. The van der Waals surface area contributed by atoms with Gasteiger partial charge < -0.3 is 5.32 Å². The number of halogens is 3. The second-order valence-electron chi connectivity index (χ2n) is 4.28. The van der Waals surface area contributed by atoms with Gasteiger partial charge in [-0.2, -0.15) is 0 Å². The Labute approximate surface area is 114 Å². The maximum atomic E-state index is 13.9. The third-order valence-corrected chi connectivity index (χ3v) is 2.88. The van der Waals surface area contributed by atoms with Gasteiger partial charge in [-0.05, 0) is 25.6 Å². The number of hydrogen-bond donors (Lipinski definition) is 1. The number of aryl methyl sites for hydroxylation is 1. The van der Waals surface area contributed by atoms with Crippen molar-refractivity contribution in [1.82, 2.24) is 15.3 Å². The number of aromatic nitrogens is 2. The van der Waals surface area contributed by atoms with E-state index in [9.17, 15) is 13.2 Å². The summed E-state index contributed by atoms with van der Waals surface area (Å²) in [5, 5.41) is 3.01. The number of rotatable bonds is 4. The highest BCUT2D eigenvalue weighted by atomic mass is 19.2. The summed E-state index contributed by atoms with van der Waals surface area (Å²) in [5.41, 5.74) is 0.521. The number of hydrogen-bond acceptors (Lipinski definition) is 3. The Kier molecular flexibility index (Phi) is 4.34. The molecule has 3 nitrogen and oxygen atoms in total. The first kappa shape index (κ1) is 14.5. The summed E-state index contributed by atoms with van der Waals surface area (Å²) in [4.78, 5) is 8.17. The largest absolute Gasteiger partial charge is 0.305 e. The summed E-state index contributed by atoms with van der Waals surface area (Å²) >= 11 is 0. The van der Waals surface area contributed by atoms with E-state index in [4.69, 9.17) is 0 Å². The topological polar surface area (TPSA) is 37.8 Å². The van der Waals surface area contributed by atoms with E-state index in [-0.39, 0.29) is 5.56 Å². The van der Waals surface area contributed by atoms with Crippen molar-refractivity contribution in [2.24, 2.45) is 0 Å². The highest BCUT2D eigenvalue weighted by Gasteiger charge is 2.22. The summed E-state index contributed by atoms with van der Waals surface area (Å²) in [6.45, 7) is 4.05. The average Bonchev–Trinajstić information content (AvgIpc) is 2.43. The van der Waals surface area contributed by atoms with Crippen LogP contribution >= 0.6 is 0 Å². The van der Waals surface area contributed by atoms with Crippen molar-refractivity contribution in [3.05, 3.63) is 58.9 Å². The first-order chi connectivity index (χ1) is 9.54. The molecular weight excluding hydrogens is 267 g/mol. The number of nitrogens with zero attached hydrogens (tertiary/aromatic N) is 2. The van der Waals surface area contributed by atoms with Crippen LogP contribution in [-0.2, 0) is 0 Å². The Morgan fingerprint density at radius 1 is 1.15 bits per heavy atom. The van der Waals surface area contributed by atoms with Crippen molar-refractivity contribution in [2.45, 2.75) is 19.9 Å². The Morgan fingerprint density at radius 3 is 2.55 bits per heavy atom. The van der Waals surface area contributed by atoms with Gasteiger partial charge in [-0.1, -0.05) is 13.0 Å². The summed E-state index contributed by atoms with van der Waals surface area (Å²) in [7, 11) is 0. The standard InChI is InChI=1S/C14H14F3N3/c1-3-18-14(11-6-7-19-8(2)20-11)9-4-5-10(15)13(17)12(9)16/h4-7,14,18H,3H2,1-2H3. The van der Waals surface area contributed by atoms with Gasteiger partial charge in [-0.25, -0.2) is 23.1 Å². The molecule has 0 bridgehead atoms. The van der Waals surface area contributed by atoms with Crippen LogP contribution in [-0.4, -0.2) is 16.5 Å². The van der Waals surface area contributed by atoms with E-state index in [1.807, 2.05) is 6.92 Å². The summed E-state index contributed by atoms with van der Waals surface area (Å²) in [5.74, 6) is -3.36. The average molecular weight is 281 g/mol. The molecule has 0 spiro atoms. The van der Waals surface area contributed by atoms with Crippen molar-refractivity contribution in [3.63, 3.8) is 0 Å². The molecule has 0 aliphatic carbocycles. The Balaban J connectivity index is 2.51. The molecule has 0 radical (unpaired) electrons. The van der Waals surface area contributed by atoms with Crippen LogP contribution in [0.4, 0.5) is 13.2 Å². The summed E-state index contributed by atoms with van der Waals surface area (Å²) < 4.78 is 40.3. The van der Waals surface area contributed by atoms with Crippen LogP contribution in [0.5, 0.6) is 0 Å². The van der Waals surface area contributed by atoms with Crippen molar-refractivity contribution in [1.29, 1.82) is 0 Å². The molecule has 1 aromatic carbocycles. The molecular formula is C14H14F3N3. The Hall–Kier alpha value is -1.95. The van der Waals surface area contributed by atoms with Crippen molar-refractivity contribution >= 4 is 0 Å². The normalized spacial score (nSPS) is 12.4. The molecule has 0 aliphatic heterocycles. The third kappa shape index (κ3) is 2.80. The molecule has 1 aromatic heterocycles. The molecule has 106 valence electrons. The molecule has 0 saturated heterocycles. The van der Waals surface area contributed by atoms with E-state index in [1.165, 1.54) is 6.07 Å². The predicted octanol–water partition coefficient (Wildman–Crippen LogP) is 2.90. The Bertz CT molecular complexity index is 617. The van der Waals surface area contributed by atoms with Crippen LogP contribution in [0.2, 0.25) is 0 Å². The minimum Gasteiger partial charge on any atom is -0.305 e. The third-order valence-electron chi connectivity index (χ3n) is 2.88. The van der Waals surface area contributed by atoms with Gasteiger partial charge in [0.2, 0.25) is 0 Å². The highest BCUT2D eigenvalue weighted by Crippen LogP contribution is 2.25. The van der Waals surface area contributed by atoms with Gasteiger partial charge in [-0.15, -0.1) is 0 Å². The van der Waals surface area contributed by atoms with Gasteiger partial charge in [0.05, 0.1) is 11.7 Å². The minimum atomic E-state index is -1.48. The van der Waals surface area contributed by atoms with Crippen LogP contribution in [0.3, 0.4) is 0 Å². The van der Waals surface area contributed by atoms with E-state index in [0.29, 0.717) is 18.1 Å². The summed E-state index contributed by atoms with van der Waals surface area (Å²) in [6.07, 6.45) is 1.54. The highest BCUT2D eigenvalue weighted by molar-refractivity contribution is 5.30. The van der Waals surface area contributed by atoms with Crippen molar-refractivity contribution in [3.8, 4) is 0 Å². The van der Waals surface area contributed by atoms with Crippen LogP contribution in [0.25, 0.3) is 0 Å². The van der Waals surface area contributed by atoms with Crippen LogP contribution in [0.15, 0.2) is 24.4 Å². The van der Waals surface area contributed by atoms with Crippen LogP contribution in [0.1, 0.15) is 30.0 Å². The molecule has 20 heavy (non-hydrogen) atoms.